The molecular formula is C22H17ClN6O2. The third kappa shape index (κ3) is 3.51. The number of rotatable bonds is 6. The van der Waals surface area contributed by atoms with Crippen LogP contribution < -0.4 is 10.2 Å². The van der Waals surface area contributed by atoms with E-state index in [1.54, 1.807) is 35.3 Å². The maximum atomic E-state index is 12.4. The second-order valence-corrected chi connectivity index (χ2v) is 7.57. The number of aromatic nitrogens is 4. The van der Waals surface area contributed by atoms with Gasteiger partial charge in [-0.15, -0.1) is 5.10 Å². The van der Waals surface area contributed by atoms with E-state index in [0.717, 1.165) is 22.3 Å². The van der Waals surface area contributed by atoms with Gasteiger partial charge in [-0.1, -0.05) is 28.9 Å². The van der Waals surface area contributed by atoms with Gasteiger partial charge in [0.15, 0.2) is 0 Å². The number of hydrogen-bond acceptors (Lipinski definition) is 6. The molecule has 3 heterocycles. The van der Waals surface area contributed by atoms with Gasteiger partial charge in [0.05, 0.1) is 41.7 Å². The van der Waals surface area contributed by atoms with E-state index in [9.17, 15) is 9.59 Å². The Bertz CT molecular complexity index is 1320. The molecule has 0 saturated carbocycles. The molecule has 0 spiro atoms. The fourth-order valence-corrected chi connectivity index (χ4v) is 3.90. The van der Waals surface area contributed by atoms with Gasteiger partial charge >= 0.3 is 0 Å². The second kappa shape index (κ2) is 7.81. The summed E-state index contributed by atoms with van der Waals surface area (Å²) >= 11 is 6.05. The molecule has 0 radical (unpaired) electrons. The number of pyridine rings is 1. The third-order valence-corrected chi connectivity index (χ3v) is 5.48. The molecule has 0 atom stereocenters. The van der Waals surface area contributed by atoms with Crippen LogP contribution in [0.3, 0.4) is 0 Å². The number of nitrogens with one attached hydrogen (secondary N) is 1. The molecule has 2 aromatic carbocycles. The smallest absolute Gasteiger partial charge is 0.299 e. The van der Waals surface area contributed by atoms with Crippen molar-refractivity contribution in [1.82, 2.24) is 20.0 Å². The molecule has 4 aromatic rings. The number of benzene rings is 2. The lowest BCUT2D eigenvalue weighted by Crippen LogP contribution is -2.30. The molecule has 1 N–H and O–H groups in total. The van der Waals surface area contributed by atoms with Crippen molar-refractivity contribution in [2.45, 2.75) is 13.1 Å². The van der Waals surface area contributed by atoms with Crippen LogP contribution in [0.1, 0.15) is 16.1 Å². The van der Waals surface area contributed by atoms with Gasteiger partial charge in [0.2, 0.25) is 0 Å². The van der Waals surface area contributed by atoms with Gasteiger partial charge in [-0.25, -0.2) is 4.68 Å². The zero-order valence-electron chi connectivity index (χ0n) is 16.3. The number of nitrogens with zero attached hydrogens (tertiary/aromatic N) is 5. The Balaban J connectivity index is 1.30. The maximum Gasteiger partial charge on any atom is 0.299 e. The van der Waals surface area contributed by atoms with Gasteiger partial charge in [-0.3, -0.25) is 19.5 Å². The first-order valence-corrected chi connectivity index (χ1v) is 10.1. The second-order valence-electron chi connectivity index (χ2n) is 7.13. The number of amides is 1. The number of para-hydroxylation sites is 1. The van der Waals surface area contributed by atoms with E-state index < -0.39 is 11.7 Å². The Kier molecular flexibility index (Phi) is 4.83. The minimum atomic E-state index is -0.533. The zero-order chi connectivity index (χ0) is 21.4. The fraction of sp³-hybridized carbons (Fsp3) is 0.136. The SMILES string of the molecule is O=C1C(=O)N(Cc2cnnn2CCNc2ccnc3cc(Cl)ccc23)c2ccccc21. The summed E-state index contributed by atoms with van der Waals surface area (Å²) in [6, 6.07) is 14.5. The molecule has 0 unspecified atom stereocenters. The van der Waals surface area contributed by atoms with Crippen LogP contribution >= 0.6 is 11.6 Å². The number of fused-ring (bicyclic) bond motifs is 2. The highest BCUT2D eigenvalue weighted by atomic mass is 35.5. The molecule has 5 rings (SSSR count). The average molecular weight is 433 g/mol. The molecule has 0 fully saturated rings. The van der Waals surface area contributed by atoms with Crippen molar-refractivity contribution in [2.24, 2.45) is 0 Å². The van der Waals surface area contributed by atoms with Crippen molar-refractivity contribution in [1.29, 1.82) is 0 Å². The summed E-state index contributed by atoms with van der Waals surface area (Å²) in [5.74, 6) is -1.02. The van der Waals surface area contributed by atoms with Gasteiger partial charge in [0.1, 0.15) is 0 Å². The lowest BCUT2D eigenvalue weighted by Gasteiger charge is -2.17. The number of ketones is 1. The predicted octanol–water partition coefficient (Wildman–Crippen LogP) is 3.32. The molecule has 0 saturated heterocycles. The van der Waals surface area contributed by atoms with E-state index in [4.69, 9.17) is 11.6 Å². The summed E-state index contributed by atoms with van der Waals surface area (Å²) in [6.45, 7) is 1.34. The Hall–Kier alpha value is -3.78. The van der Waals surface area contributed by atoms with E-state index in [2.05, 4.69) is 20.6 Å². The summed E-state index contributed by atoms with van der Waals surface area (Å²) in [5.41, 5.74) is 3.54. The quantitative estimate of drug-likeness (QED) is 0.470. The van der Waals surface area contributed by atoms with Crippen molar-refractivity contribution in [3.8, 4) is 0 Å². The van der Waals surface area contributed by atoms with Crippen LogP contribution in [-0.4, -0.2) is 38.2 Å². The number of Topliss-reactive ketones (excluding diaryl/α,β-unsaturated/α-hetero) is 1. The molecular weight excluding hydrogens is 416 g/mol. The monoisotopic (exact) mass is 432 g/mol. The summed E-state index contributed by atoms with van der Waals surface area (Å²) in [6.07, 6.45) is 3.35. The van der Waals surface area contributed by atoms with E-state index >= 15 is 0 Å². The number of carbonyl (C=O) groups excluding carboxylic acids is 2. The van der Waals surface area contributed by atoms with Crippen molar-refractivity contribution in [3.05, 3.63) is 77.2 Å². The topological polar surface area (TPSA) is 93.0 Å². The molecule has 8 nitrogen and oxygen atoms in total. The summed E-state index contributed by atoms with van der Waals surface area (Å²) in [4.78, 5) is 30.5. The van der Waals surface area contributed by atoms with Crippen LogP contribution in [0.4, 0.5) is 11.4 Å². The largest absolute Gasteiger partial charge is 0.383 e. The van der Waals surface area contributed by atoms with Gasteiger partial charge in [0, 0.05) is 28.8 Å². The first-order valence-electron chi connectivity index (χ1n) is 9.72. The van der Waals surface area contributed by atoms with Gasteiger partial charge in [-0.2, -0.15) is 0 Å². The molecule has 9 heteroatoms. The number of hydrogen-bond donors (Lipinski definition) is 1. The van der Waals surface area contributed by atoms with Crippen LogP contribution in [0.15, 0.2) is 60.9 Å². The van der Waals surface area contributed by atoms with Crippen molar-refractivity contribution >= 4 is 45.6 Å². The van der Waals surface area contributed by atoms with Crippen molar-refractivity contribution < 1.29 is 9.59 Å². The first-order chi connectivity index (χ1) is 15.1. The molecule has 1 amide bonds. The van der Waals surface area contributed by atoms with E-state index in [-0.39, 0.29) is 6.54 Å². The molecule has 0 bridgehead atoms. The lowest BCUT2D eigenvalue weighted by atomic mass is 10.1. The number of halogens is 1. The highest BCUT2D eigenvalue weighted by molar-refractivity contribution is 6.52. The standard InChI is InChI=1S/C22H17ClN6O2/c23-14-5-6-16-18(7-8-24-19(16)11-14)25-9-10-29-15(12-26-27-29)13-28-20-4-2-1-3-17(20)21(30)22(28)31/h1-8,11-12H,9-10,13H2,(H,24,25). The van der Waals surface area contributed by atoms with Crippen molar-refractivity contribution in [2.75, 3.05) is 16.8 Å². The molecule has 31 heavy (non-hydrogen) atoms. The highest BCUT2D eigenvalue weighted by Crippen LogP contribution is 2.30. The lowest BCUT2D eigenvalue weighted by molar-refractivity contribution is -0.114. The van der Waals surface area contributed by atoms with Gasteiger partial charge < -0.3 is 5.32 Å². The van der Waals surface area contributed by atoms with Gasteiger partial charge in [0.25, 0.3) is 11.7 Å². The predicted molar refractivity (Wildman–Crippen MR) is 117 cm³/mol. The summed E-state index contributed by atoms with van der Waals surface area (Å²) in [7, 11) is 0. The number of anilines is 2. The highest BCUT2D eigenvalue weighted by Gasteiger charge is 2.35. The van der Waals surface area contributed by atoms with E-state index in [1.165, 1.54) is 4.90 Å². The summed E-state index contributed by atoms with van der Waals surface area (Å²) in [5, 5.41) is 13.1. The minimum absolute atomic E-state index is 0.227. The molecule has 1 aliphatic heterocycles. The van der Waals surface area contributed by atoms with E-state index in [1.807, 2.05) is 30.3 Å². The zero-order valence-corrected chi connectivity index (χ0v) is 17.1. The van der Waals surface area contributed by atoms with Crippen LogP contribution in [-0.2, 0) is 17.9 Å². The number of carbonyl (C=O) groups is 2. The Morgan fingerprint density at radius 2 is 1.94 bits per heavy atom. The third-order valence-electron chi connectivity index (χ3n) is 5.24. The van der Waals surface area contributed by atoms with Crippen LogP contribution in [0.5, 0.6) is 0 Å². The van der Waals surface area contributed by atoms with Crippen LogP contribution in [0.25, 0.3) is 10.9 Å². The maximum absolute atomic E-state index is 12.4. The summed E-state index contributed by atoms with van der Waals surface area (Å²) < 4.78 is 1.73. The first kappa shape index (κ1) is 19.2. The molecule has 1 aliphatic rings. The Morgan fingerprint density at radius 1 is 1.06 bits per heavy atom. The van der Waals surface area contributed by atoms with Crippen molar-refractivity contribution in [3.63, 3.8) is 0 Å². The van der Waals surface area contributed by atoms with E-state index in [0.29, 0.717) is 29.4 Å². The van der Waals surface area contributed by atoms with Crippen LogP contribution in [0.2, 0.25) is 5.02 Å². The normalized spacial score (nSPS) is 13.1. The molecule has 0 aliphatic carbocycles. The molecule has 2 aromatic heterocycles. The Morgan fingerprint density at radius 3 is 2.84 bits per heavy atom. The van der Waals surface area contributed by atoms with Crippen LogP contribution in [0, 0.1) is 0 Å². The van der Waals surface area contributed by atoms with Gasteiger partial charge in [-0.05, 0) is 36.4 Å². The Labute approximate surface area is 182 Å². The molecule has 154 valence electrons. The minimum Gasteiger partial charge on any atom is -0.383 e. The average Bonchev–Trinajstić information content (AvgIpc) is 3.32. The fourth-order valence-electron chi connectivity index (χ4n) is 3.73.